The molecule has 15 heavy (non-hydrogen) atoms. The molecular weight excluding hydrogens is 196 g/mol. The molecule has 5 nitrogen and oxygen atoms in total. The Balaban J connectivity index is 2.43. The highest BCUT2D eigenvalue weighted by molar-refractivity contribution is 5.80. The molecule has 0 radical (unpaired) electrons. The van der Waals surface area contributed by atoms with Gasteiger partial charge < -0.3 is 15.3 Å². The Morgan fingerprint density at radius 3 is 2.40 bits per heavy atom. The Hall–Kier alpha value is -1.26. The van der Waals surface area contributed by atoms with Crippen molar-refractivity contribution < 1.29 is 14.7 Å². The molecular formula is C10H18N2O3. The lowest BCUT2D eigenvalue weighted by molar-refractivity contribution is -0.137. The van der Waals surface area contributed by atoms with Crippen LogP contribution in [0.1, 0.15) is 32.6 Å². The summed E-state index contributed by atoms with van der Waals surface area (Å²) in [6.45, 7) is 1.74. The highest BCUT2D eigenvalue weighted by Crippen LogP contribution is 2.28. The summed E-state index contributed by atoms with van der Waals surface area (Å²) in [5.74, 6) is -0.996. The van der Waals surface area contributed by atoms with Crippen LogP contribution in [0.4, 0.5) is 4.79 Å². The number of amides is 2. The number of hydrogen-bond acceptors (Lipinski definition) is 2. The molecule has 0 aromatic carbocycles. The lowest BCUT2D eigenvalue weighted by atomic mass is 10.0. The van der Waals surface area contributed by atoms with E-state index in [2.05, 4.69) is 5.32 Å². The second kappa shape index (κ2) is 4.51. The molecule has 0 bridgehead atoms. The van der Waals surface area contributed by atoms with E-state index in [0.717, 1.165) is 25.7 Å². The predicted octanol–water partition coefficient (Wildman–Crippen LogP) is 1.05. The maximum Gasteiger partial charge on any atom is 0.323 e. The average molecular weight is 214 g/mol. The maximum atomic E-state index is 11.6. The molecule has 1 fully saturated rings. The van der Waals surface area contributed by atoms with Crippen molar-refractivity contribution in [3.63, 3.8) is 0 Å². The fourth-order valence-electron chi connectivity index (χ4n) is 1.91. The second-order valence-corrected chi connectivity index (χ2v) is 4.45. The number of nitrogens with one attached hydrogen (secondary N) is 1. The first-order valence-corrected chi connectivity index (χ1v) is 5.18. The number of rotatable bonds is 3. The minimum absolute atomic E-state index is 0.149. The van der Waals surface area contributed by atoms with Gasteiger partial charge in [0.1, 0.15) is 6.54 Å². The minimum Gasteiger partial charge on any atom is -0.480 e. The van der Waals surface area contributed by atoms with Gasteiger partial charge in [-0.1, -0.05) is 12.8 Å². The SMILES string of the molecule is CN(CC(=O)O)C(=O)NC1(C)CCCC1. The summed E-state index contributed by atoms with van der Waals surface area (Å²) in [5.41, 5.74) is -0.149. The van der Waals surface area contributed by atoms with E-state index in [0.29, 0.717) is 0 Å². The number of hydrogen-bond donors (Lipinski definition) is 2. The van der Waals surface area contributed by atoms with Crippen LogP contribution in [-0.2, 0) is 4.79 Å². The van der Waals surface area contributed by atoms with Gasteiger partial charge in [0.15, 0.2) is 0 Å². The topological polar surface area (TPSA) is 69.6 Å². The van der Waals surface area contributed by atoms with Gasteiger partial charge in [-0.05, 0) is 19.8 Å². The van der Waals surface area contributed by atoms with E-state index in [4.69, 9.17) is 5.11 Å². The van der Waals surface area contributed by atoms with Gasteiger partial charge in [0, 0.05) is 12.6 Å². The first-order valence-electron chi connectivity index (χ1n) is 5.18. The van der Waals surface area contributed by atoms with Crippen LogP contribution in [0.5, 0.6) is 0 Å². The average Bonchev–Trinajstić information content (AvgIpc) is 2.50. The highest BCUT2D eigenvalue weighted by atomic mass is 16.4. The summed E-state index contributed by atoms with van der Waals surface area (Å²) in [6.07, 6.45) is 4.19. The highest BCUT2D eigenvalue weighted by Gasteiger charge is 2.31. The Kier molecular flexibility index (Phi) is 3.55. The summed E-state index contributed by atoms with van der Waals surface area (Å²) in [7, 11) is 1.49. The molecule has 2 N–H and O–H groups in total. The molecule has 0 spiro atoms. The van der Waals surface area contributed by atoms with E-state index in [1.165, 1.54) is 11.9 Å². The summed E-state index contributed by atoms with van der Waals surface area (Å²) in [4.78, 5) is 23.2. The maximum absolute atomic E-state index is 11.6. The largest absolute Gasteiger partial charge is 0.480 e. The third-order valence-electron chi connectivity index (χ3n) is 2.83. The fraction of sp³-hybridized carbons (Fsp3) is 0.800. The van der Waals surface area contributed by atoms with Gasteiger partial charge in [-0.25, -0.2) is 4.79 Å². The second-order valence-electron chi connectivity index (χ2n) is 4.45. The number of aliphatic carboxylic acids is 1. The summed E-state index contributed by atoms with van der Waals surface area (Å²) in [5, 5.41) is 11.4. The zero-order chi connectivity index (χ0) is 11.5. The lowest BCUT2D eigenvalue weighted by Gasteiger charge is -2.28. The molecule has 1 aliphatic rings. The van der Waals surface area contributed by atoms with Gasteiger partial charge in [0.25, 0.3) is 0 Å². The van der Waals surface area contributed by atoms with Crippen molar-refractivity contribution in [1.29, 1.82) is 0 Å². The van der Waals surface area contributed by atoms with Crippen LogP contribution in [0.2, 0.25) is 0 Å². The van der Waals surface area contributed by atoms with Gasteiger partial charge in [0.2, 0.25) is 0 Å². The third-order valence-corrected chi connectivity index (χ3v) is 2.83. The zero-order valence-electron chi connectivity index (χ0n) is 9.25. The van der Waals surface area contributed by atoms with E-state index in [1.54, 1.807) is 0 Å². The molecule has 0 saturated heterocycles. The molecule has 1 rings (SSSR count). The zero-order valence-corrected chi connectivity index (χ0v) is 9.25. The Bertz CT molecular complexity index is 259. The fourth-order valence-corrected chi connectivity index (χ4v) is 1.91. The predicted molar refractivity (Wildman–Crippen MR) is 55.7 cm³/mol. The normalized spacial score (nSPS) is 18.5. The van der Waals surface area contributed by atoms with Crippen molar-refractivity contribution in [2.75, 3.05) is 13.6 Å². The minimum atomic E-state index is -0.996. The Morgan fingerprint density at radius 2 is 1.93 bits per heavy atom. The first-order chi connectivity index (χ1) is 6.93. The number of likely N-dealkylation sites (N-methyl/N-ethyl adjacent to an activating group) is 1. The molecule has 0 heterocycles. The smallest absolute Gasteiger partial charge is 0.323 e. The molecule has 0 unspecified atom stereocenters. The van der Waals surface area contributed by atoms with Crippen molar-refractivity contribution in [2.24, 2.45) is 0 Å². The van der Waals surface area contributed by atoms with Crippen LogP contribution in [0.15, 0.2) is 0 Å². The number of carboxylic acid groups (broad SMARTS) is 1. The number of carbonyl (C=O) groups excluding carboxylic acids is 1. The summed E-state index contributed by atoms with van der Waals surface area (Å²) >= 11 is 0. The van der Waals surface area contributed by atoms with E-state index < -0.39 is 5.97 Å². The van der Waals surface area contributed by atoms with Crippen LogP contribution in [0.3, 0.4) is 0 Å². The van der Waals surface area contributed by atoms with Crippen molar-refractivity contribution >= 4 is 12.0 Å². The van der Waals surface area contributed by atoms with E-state index in [1.807, 2.05) is 6.92 Å². The van der Waals surface area contributed by atoms with Crippen molar-refractivity contribution in [3.05, 3.63) is 0 Å². The molecule has 86 valence electrons. The van der Waals surface area contributed by atoms with Crippen molar-refractivity contribution in [3.8, 4) is 0 Å². The molecule has 1 saturated carbocycles. The van der Waals surface area contributed by atoms with Crippen LogP contribution >= 0.6 is 0 Å². The van der Waals surface area contributed by atoms with Gasteiger partial charge in [-0.15, -0.1) is 0 Å². The van der Waals surface area contributed by atoms with Gasteiger partial charge >= 0.3 is 12.0 Å². The van der Waals surface area contributed by atoms with Gasteiger partial charge in [-0.2, -0.15) is 0 Å². The van der Waals surface area contributed by atoms with E-state index in [9.17, 15) is 9.59 Å². The van der Waals surface area contributed by atoms with Crippen LogP contribution < -0.4 is 5.32 Å². The first kappa shape index (κ1) is 11.8. The monoisotopic (exact) mass is 214 g/mol. The molecule has 0 aliphatic heterocycles. The van der Waals surface area contributed by atoms with E-state index in [-0.39, 0.29) is 18.1 Å². The molecule has 0 aromatic rings. The molecule has 0 aromatic heterocycles. The number of urea groups is 1. The molecule has 2 amide bonds. The van der Waals surface area contributed by atoms with Crippen LogP contribution in [0.25, 0.3) is 0 Å². The van der Waals surface area contributed by atoms with Gasteiger partial charge in [-0.3, -0.25) is 4.79 Å². The quantitative estimate of drug-likeness (QED) is 0.737. The molecule has 1 aliphatic carbocycles. The number of carboxylic acids is 1. The van der Waals surface area contributed by atoms with Crippen LogP contribution in [-0.4, -0.2) is 41.1 Å². The summed E-state index contributed by atoms with van der Waals surface area (Å²) in [6, 6.07) is -0.304. The molecule has 5 heteroatoms. The summed E-state index contributed by atoms with van der Waals surface area (Å²) < 4.78 is 0. The van der Waals surface area contributed by atoms with Gasteiger partial charge in [0.05, 0.1) is 0 Å². The Morgan fingerprint density at radius 1 is 1.40 bits per heavy atom. The van der Waals surface area contributed by atoms with Crippen molar-refractivity contribution in [2.45, 2.75) is 38.1 Å². The lowest BCUT2D eigenvalue weighted by Crippen LogP contribution is -2.50. The Labute approximate surface area is 89.4 Å². The van der Waals surface area contributed by atoms with E-state index >= 15 is 0 Å². The van der Waals surface area contributed by atoms with Crippen LogP contribution in [0, 0.1) is 0 Å². The molecule has 0 atom stereocenters. The van der Waals surface area contributed by atoms with Crippen molar-refractivity contribution in [1.82, 2.24) is 10.2 Å². The number of nitrogens with zero attached hydrogens (tertiary/aromatic N) is 1. The number of carbonyl (C=O) groups is 2. The standard InChI is InChI=1S/C10H18N2O3/c1-10(5-3-4-6-10)11-9(15)12(2)7-8(13)14/h3-7H2,1-2H3,(H,11,15)(H,13,14). The third kappa shape index (κ3) is 3.42.